The summed E-state index contributed by atoms with van der Waals surface area (Å²) in [5.41, 5.74) is 1.32. The summed E-state index contributed by atoms with van der Waals surface area (Å²) in [6.45, 7) is 1.74. The molecule has 1 heterocycles. The first kappa shape index (κ1) is 12.6. The predicted molar refractivity (Wildman–Crippen MR) is 69.8 cm³/mol. The van der Waals surface area contributed by atoms with Gasteiger partial charge in [-0.15, -0.1) is 0 Å². The third-order valence-corrected chi connectivity index (χ3v) is 5.03. The molecule has 0 amide bonds. The van der Waals surface area contributed by atoms with Gasteiger partial charge in [0.15, 0.2) is 9.84 Å². The van der Waals surface area contributed by atoms with E-state index >= 15 is 0 Å². The molecule has 1 aliphatic rings. The monoisotopic (exact) mass is 253 g/mol. The van der Waals surface area contributed by atoms with Crippen molar-refractivity contribution in [1.29, 1.82) is 0 Å². The van der Waals surface area contributed by atoms with E-state index in [4.69, 9.17) is 0 Å². The van der Waals surface area contributed by atoms with Gasteiger partial charge < -0.3 is 5.32 Å². The van der Waals surface area contributed by atoms with Gasteiger partial charge in [-0.2, -0.15) is 0 Å². The van der Waals surface area contributed by atoms with Crippen LogP contribution >= 0.6 is 0 Å². The van der Waals surface area contributed by atoms with Crippen molar-refractivity contribution in [2.75, 3.05) is 24.6 Å². The molecule has 1 fully saturated rings. The SMILES string of the molecule is O=S1(=O)CCC(CNCCc2ccccc2)C1. The fourth-order valence-electron chi connectivity index (χ4n) is 2.22. The molecule has 1 aromatic carbocycles. The summed E-state index contributed by atoms with van der Waals surface area (Å²) in [6, 6.07) is 10.3. The van der Waals surface area contributed by atoms with Crippen molar-refractivity contribution in [2.45, 2.75) is 12.8 Å². The second kappa shape index (κ2) is 5.65. The molecule has 1 unspecified atom stereocenters. The summed E-state index contributed by atoms with van der Waals surface area (Å²) in [5, 5.41) is 3.35. The van der Waals surface area contributed by atoms with Crippen LogP contribution in [-0.2, 0) is 16.3 Å². The lowest BCUT2D eigenvalue weighted by Crippen LogP contribution is -2.25. The Labute approximate surface area is 103 Å². The Kier molecular flexibility index (Phi) is 4.18. The van der Waals surface area contributed by atoms with E-state index in [2.05, 4.69) is 17.4 Å². The molecule has 1 aromatic rings. The van der Waals surface area contributed by atoms with Gasteiger partial charge in [-0.1, -0.05) is 30.3 Å². The van der Waals surface area contributed by atoms with Gasteiger partial charge in [-0.05, 0) is 37.4 Å². The highest BCUT2D eigenvalue weighted by Gasteiger charge is 2.27. The lowest BCUT2D eigenvalue weighted by atomic mass is 10.1. The summed E-state index contributed by atoms with van der Waals surface area (Å²) in [6.07, 6.45) is 1.82. The molecule has 0 aromatic heterocycles. The Balaban J connectivity index is 1.64. The van der Waals surface area contributed by atoms with Crippen LogP contribution in [0.25, 0.3) is 0 Å². The van der Waals surface area contributed by atoms with Crippen LogP contribution in [0.3, 0.4) is 0 Å². The van der Waals surface area contributed by atoms with Crippen LogP contribution < -0.4 is 5.32 Å². The van der Waals surface area contributed by atoms with E-state index in [-0.39, 0.29) is 0 Å². The zero-order chi connectivity index (χ0) is 12.1. The van der Waals surface area contributed by atoms with Crippen LogP contribution in [0, 0.1) is 5.92 Å². The van der Waals surface area contributed by atoms with Gasteiger partial charge in [-0.3, -0.25) is 0 Å². The predicted octanol–water partition coefficient (Wildman–Crippen LogP) is 1.25. The quantitative estimate of drug-likeness (QED) is 0.803. The van der Waals surface area contributed by atoms with E-state index < -0.39 is 9.84 Å². The standard InChI is InChI=1S/C13H19NO2S/c15-17(16)9-7-13(11-17)10-14-8-6-12-4-2-1-3-5-12/h1-5,13-14H,6-11H2. The van der Waals surface area contributed by atoms with Crippen LogP contribution in [0.4, 0.5) is 0 Å². The number of rotatable bonds is 5. The molecule has 0 spiro atoms. The first-order valence-corrected chi connectivity index (χ1v) is 7.93. The van der Waals surface area contributed by atoms with E-state index in [1.54, 1.807) is 0 Å². The van der Waals surface area contributed by atoms with Gasteiger partial charge >= 0.3 is 0 Å². The van der Waals surface area contributed by atoms with E-state index in [0.717, 1.165) is 25.9 Å². The maximum absolute atomic E-state index is 11.3. The van der Waals surface area contributed by atoms with Crippen molar-refractivity contribution in [3.63, 3.8) is 0 Å². The summed E-state index contributed by atoms with van der Waals surface area (Å²) in [4.78, 5) is 0. The normalized spacial score (nSPS) is 22.7. The third-order valence-electron chi connectivity index (χ3n) is 3.19. The largest absolute Gasteiger partial charge is 0.316 e. The minimum Gasteiger partial charge on any atom is -0.316 e. The lowest BCUT2D eigenvalue weighted by Gasteiger charge is -2.09. The van der Waals surface area contributed by atoms with E-state index in [1.165, 1.54) is 5.56 Å². The highest BCUT2D eigenvalue weighted by Crippen LogP contribution is 2.17. The Morgan fingerprint density at radius 2 is 2.00 bits per heavy atom. The topological polar surface area (TPSA) is 46.2 Å². The summed E-state index contributed by atoms with van der Waals surface area (Å²) < 4.78 is 22.5. The molecule has 3 nitrogen and oxygen atoms in total. The molecule has 2 rings (SSSR count). The van der Waals surface area contributed by atoms with Crippen molar-refractivity contribution in [1.82, 2.24) is 5.32 Å². The van der Waals surface area contributed by atoms with Gasteiger partial charge in [-0.25, -0.2) is 8.42 Å². The summed E-state index contributed by atoms with van der Waals surface area (Å²) >= 11 is 0. The molecule has 0 aliphatic carbocycles. The van der Waals surface area contributed by atoms with Crippen LogP contribution in [0.5, 0.6) is 0 Å². The number of benzene rings is 1. The molecule has 1 atom stereocenters. The second-order valence-corrected chi connectivity index (χ2v) is 6.94. The Morgan fingerprint density at radius 3 is 2.65 bits per heavy atom. The van der Waals surface area contributed by atoms with E-state index in [1.807, 2.05) is 18.2 Å². The van der Waals surface area contributed by atoms with Crippen molar-refractivity contribution >= 4 is 9.84 Å². The number of sulfone groups is 1. The maximum atomic E-state index is 11.3. The molecular formula is C13H19NO2S. The van der Waals surface area contributed by atoms with Crippen LogP contribution in [0.2, 0.25) is 0 Å². The Hall–Kier alpha value is -0.870. The molecule has 1 N–H and O–H groups in total. The third kappa shape index (κ3) is 4.13. The van der Waals surface area contributed by atoms with Gasteiger partial charge in [0.05, 0.1) is 11.5 Å². The average Bonchev–Trinajstić information content (AvgIpc) is 2.66. The minimum absolute atomic E-state index is 0.316. The molecule has 1 saturated heterocycles. The smallest absolute Gasteiger partial charge is 0.150 e. The molecule has 0 radical (unpaired) electrons. The molecule has 0 bridgehead atoms. The zero-order valence-electron chi connectivity index (χ0n) is 9.93. The molecule has 0 saturated carbocycles. The first-order valence-electron chi connectivity index (χ1n) is 6.11. The van der Waals surface area contributed by atoms with E-state index in [0.29, 0.717) is 17.4 Å². The highest BCUT2D eigenvalue weighted by molar-refractivity contribution is 7.91. The van der Waals surface area contributed by atoms with Crippen molar-refractivity contribution < 1.29 is 8.42 Å². The van der Waals surface area contributed by atoms with Crippen molar-refractivity contribution in [3.05, 3.63) is 35.9 Å². The number of hydrogen-bond acceptors (Lipinski definition) is 3. The molecule has 17 heavy (non-hydrogen) atoms. The molecule has 1 aliphatic heterocycles. The lowest BCUT2D eigenvalue weighted by molar-refractivity contribution is 0.523. The van der Waals surface area contributed by atoms with Crippen LogP contribution in [-0.4, -0.2) is 33.0 Å². The highest BCUT2D eigenvalue weighted by atomic mass is 32.2. The summed E-state index contributed by atoms with van der Waals surface area (Å²) in [5.74, 6) is 1.05. The van der Waals surface area contributed by atoms with Crippen molar-refractivity contribution in [3.8, 4) is 0 Å². The number of hydrogen-bond donors (Lipinski definition) is 1. The molecule has 4 heteroatoms. The molecular weight excluding hydrogens is 234 g/mol. The summed E-state index contributed by atoms with van der Waals surface area (Å²) in [7, 11) is -2.72. The second-order valence-electron chi connectivity index (χ2n) is 4.71. The number of nitrogens with one attached hydrogen (secondary N) is 1. The first-order chi connectivity index (χ1) is 8.16. The van der Waals surface area contributed by atoms with Gasteiger partial charge in [0.1, 0.15) is 0 Å². The molecule has 94 valence electrons. The van der Waals surface area contributed by atoms with Crippen LogP contribution in [0.15, 0.2) is 30.3 Å². The fraction of sp³-hybridized carbons (Fsp3) is 0.538. The van der Waals surface area contributed by atoms with Crippen LogP contribution in [0.1, 0.15) is 12.0 Å². The fourth-order valence-corrected chi connectivity index (χ4v) is 4.08. The Bertz CT molecular complexity index is 442. The minimum atomic E-state index is -2.72. The zero-order valence-corrected chi connectivity index (χ0v) is 10.7. The van der Waals surface area contributed by atoms with Crippen molar-refractivity contribution in [2.24, 2.45) is 5.92 Å². The maximum Gasteiger partial charge on any atom is 0.150 e. The Morgan fingerprint density at radius 1 is 1.24 bits per heavy atom. The average molecular weight is 253 g/mol. The van der Waals surface area contributed by atoms with Gasteiger partial charge in [0.2, 0.25) is 0 Å². The van der Waals surface area contributed by atoms with E-state index in [9.17, 15) is 8.42 Å². The van der Waals surface area contributed by atoms with Gasteiger partial charge in [0, 0.05) is 0 Å². The van der Waals surface area contributed by atoms with Gasteiger partial charge in [0.25, 0.3) is 0 Å².